The number of phenols is 1. The van der Waals surface area contributed by atoms with Crippen LogP contribution in [0.3, 0.4) is 0 Å². The molecule has 12 heteroatoms. The van der Waals surface area contributed by atoms with Gasteiger partial charge in [0.15, 0.2) is 0 Å². The number of aromatic hydroxyl groups is 1. The maximum absolute atomic E-state index is 11.7. The van der Waals surface area contributed by atoms with Crippen molar-refractivity contribution in [2.75, 3.05) is 19.7 Å². The number of carboxylic acid groups (broad SMARTS) is 1. The molecule has 188 valence electrons. The molecule has 8 N–H and O–H groups in total. The highest BCUT2D eigenvalue weighted by atomic mass is 16.6. The minimum absolute atomic E-state index is 0.146. The molecule has 1 aromatic rings. The van der Waals surface area contributed by atoms with E-state index in [1.54, 1.807) is 12.1 Å². The van der Waals surface area contributed by atoms with Gasteiger partial charge >= 0.3 is 23.9 Å². The summed E-state index contributed by atoms with van der Waals surface area (Å²) < 4.78 is 9.52. The first-order valence-electron chi connectivity index (χ1n) is 11.1. The molecule has 0 bridgehead atoms. The fourth-order valence-corrected chi connectivity index (χ4v) is 3.33. The average molecular weight is 481 g/mol. The van der Waals surface area contributed by atoms with Crippen LogP contribution in [0.15, 0.2) is 24.3 Å². The van der Waals surface area contributed by atoms with Crippen molar-refractivity contribution in [1.29, 1.82) is 0 Å². The number of ether oxygens (including phenoxy) is 2. The number of hydrogen-bond acceptors (Lipinski definition) is 11. The predicted octanol–water partition coefficient (Wildman–Crippen LogP) is -1.22. The highest BCUT2D eigenvalue weighted by Gasteiger charge is 2.28. The minimum atomic E-state index is -1.17. The normalized spacial score (nSPS) is 21.0. The Kier molecular flexibility index (Phi) is 10.9. The first-order valence-corrected chi connectivity index (χ1v) is 11.1. The lowest BCUT2D eigenvalue weighted by Crippen LogP contribution is -2.40. The fraction of sp³-hybridized carbons (Fsp3) is 0.545. The van der Waals surface area contributed by atoms with E-state index in [0.717, 1.165) is 37.9 Å². The molecular formula is C22H32N4O8. The van der Waals surface area contributed by atoms with E-state index in [0.29, 0.717) is 6.42 Å². The molecule has 2 fully saturated rings. The molecule has 0 spiro atoms. The van der Waals surface area contributed by atoms with Gasteiger partial charge in [-0.1, -0.05) is 12.1 Å². The van der Waals surface area contributed by atoms with Crippen LogP contribution in [0.2, 0.25) is 0 Å². The van der Waals surface area contributed by atoms with E-state index in [2.05, 4.69) is 10.6 Å². The first-order chi connectivity index (χ1) is 16.2. The molecule has 12 nitrogen and oxygen atoms in total. The quantitative estimate of drug-likeness (QED) is 0.191. The molecule has 0 amide bonds. The lowest BCUT2D eigenvalue weighted by atomic mass is 10.1. The van der Waals surface area contributed by atoms with Crippen molar-refractivity contribution in [3.05, 3.63) is 29.8 Å². The zero-order chi connectivity index (χ0) is 25.1. The summed E-state index contributed by atoms with van der Waals surface area (Å²) in [5.74, 6) is -2.73. The van der Waals surface area contributed by atoms with Gasteiger partial charge in [-0.2, -0.15) is 0 Å². The van der Waals surface area contributed by atoms with Crippen LogP contribution in [0.4, 0.5) is 0 Å². The molecule has 2 saturated heterocycles. The van der Waals surface area contributed by atoms with Crippen molar-refractivity contribution in [2.24, 2.45) is 11.5 Å². The predicted molar refractivity (Wildman–Crippen MR) is 120 cm³/mol. The van der Waals surface area contributed by atoms with Crippen molar-refractivity contribution in [1.82, 2.24) is 10.6 Å². The number of carboxylic acids is 1. The molecule has 2 aliphatic heterocycles. The molecule has 2 heterocycles. The molecular weight excluding hydrogens is 448 g/mol. The molecule has 0 aliphatic carbocycles. The van der Waals surface area contributed by atoms with Gasteiger partial charge < -0.3 is 41.8 Å². The molecule has 0 unspecified atom stereocenters. The molecule has 3 rings (SSSR count). The fourth-order valence-electron chi connectivity index (χ4n) is 3.33. The first kappa shape index (κ1) is 27.2. The monoisotopic (exact) mass is 480 g/mol. The minimum Gasteiger partial charge on any atom is -0.508 e. The molecule has 0 aromatic heterocycles. The third-order valence-corrected chi connectivity index (χ3v) is 5.31. The van der Waals surface area contributed by atoms with E-state index in [1.165, 1.54) is 12.1 Å². The standard InChI is InChI=1S/C14H18N2O4.C8H14N2O4/c15-11(8-9-3-5-10(17)6-4-9)13(18)20-14(19)12-2-1-7-16-12;9-5(7(11)12)4-14-8(13)6-2-1-3-10-6/h3-6,11-12,16-17H,1-2,7-8,15H2;5-6,10H,1-4,9H2,(H,11,12)/t11-,12-;5-,6-/m00/s1. The van der Waals surface area contributed by atoms with Crippen LogP contribution >= 0.6 is 0 Å². The van der Waals surface area contributed by atoms with Crippen LogP contribution in [0.25, 0.3) is 0 Å². The number of carbonyl (C=O) groups excluding carboxylic acids is 3. The molecule has 0 saturated carbocycles. The molecule has 1 aromatic carbocycles. The summed E-state index contributed by atoms with van der Waals surface area (Å²) in [5.41, 5.74) is 11.7. The largest absolute Gasteiger partial charge is 0.508 e. The van der Waals surface area contributed by atoms with E-state index >= 15 is 0 Å². The SMILES string of the molecule is N[C@@H](COC(=O)[C@@H]1CCCN1)C(=O)O.N[C@@H](Cc1ccc(O)cc1)C(=O)OC(=O)[C@@H]1CCCN1. The van der Waals surface area contributed by atoms with Gasteiger partial charge in [-0.15, -0.1) is 0 Å². The Labute approximate surface area is 197 Å². The summed E-state index contributed by atoms with van der Waals surface area (Å²) in [6.07, 6.45) is 3.50. The second-order valence-electron chi connectivity index (χ2n) is 8.09. The third kappa shape index (κ3) is 9.06. The van der Waals surface area contributed by atoms with Crippen LogP contribution in [0.5, 0.6) is 5.75 Å². The van der Waals surface area contributed by atoms with Gasteiger partial charge in [0, 0.05) is 0 Å². The van der Waals surface area contributed by atoms with Crippen LogP contribution in [0.1, 0.15) is 31.2 Å². The Hall–Kier alpha value is -3.06. The summed E-state index contributed by atoms with van der Waals surface area (Å²) >= 11 is 0. The Bertz CT molecular complexity index is 836. The van der Waals surface area contributed by atoms with E-state index in [-0.39, 0.29) is 24.8 Å². The summed E-state index contributed by atoms with van der Waals surface area (Å²) in [7, 11) is 0. The van der Waals surface area contributed by atoms with Gasteiger partial charge in [-0.25, -0.2) is 9.59 Å². The third-order valence-electron chi connectivity index (χ3n) is 5.31. The number of esters is 3. The molecule has 4 atom stereocenters. The van der Waals surface area contributed by atoms with Gasteiger partial charge in [0.05, 0.1) is 0 Å². The molecule has 2 aliphatic rings. The zero-order valence-corrected chi connectivity index (χ0v) is 18.8. The smallest absolute Gasteiger partial charge is 0.330 e. The van der Waals surface area contributed by atoms with E-state index in [9.17, 15) is 19.2 Å². The number of aliphatic carboxylic acids is 1. The Morgan fingerprint density at radius 2 is 1.50 bits per heavy atom. The highest BCUT2D eigenvalue weighted by molar-refractivity contribution is 5.91. The number of benzene rings is 1. The summed E-state index contributed by atoms with van der Waals surface area (Å²) in [6.45, 7) is 1.28. The maximum atomic E-state index is 11.7. The Balaban J connectivity index is 0.000000257. The van der Waals surface area contributed by atoms with Gasteiger partial charge in [0.2, 0.25) is 0 Å². The number of nitrogens with two attached hydrogens (primary N) is 2. The van der Waals surface area contributed by atoms with Crippen LogP contribution < -0.4 is 22.1 Å². The van der Waals surface area contributed by atoms with Crippen molar-refractivity contribution in [3.8, 4) is 5.75 Å². The number of carbonyl (C=O) groups is 4. The van der Waals surface area contributed by atoms with Crippen molar-refractivity contribution in [3.63, 3.8) is 0 Å². The van der Waals surface area contributed by atoms with E-state index < -0.39 is 42.0 Å². The zero-order valence-electron chi connectivity index (χ0n) is 18.8. The number of phenolic OH excluding ortho intramolecular Hbond substituents is 1. The number of nitrogens with one attached hydrogen (secondary N) is 2. The Morgan fingerprint density at radius 3 is 2.00 bits per heavy atom. The van der Waals surface area contributed by atoms with Gasteiger partial charge in [-0.05, 0) is 62.9 Å². The number of hydrogen-bond donors (Lipinski definition) is 6. The summed E-state index contributed by atoms with van der Waals surface area (Å²) in [6, 6.07) is 3.63. The van der Waals surface area contributed by atoms with E-state index in [1.807, 2.05) is 0 Å². The lowest BCUT2D eigenvalue weighted by Gasteiger charge is -2.13. The average Bonchev–Trinajstić information content (AvgIpc) is 3.53. The van der Waals surface area contributed by atoms with Crippen LogP contribution in [-0.4, -0.2) is 78.0 Å². The van der Waals surface area contributed by atoms with Crippen molar-refractivity contribution in [2.45, 2.75) is 56.3 Å². The van der Waals surface area contributed by atoms with Crippen LogP contribution in [-0.2, 0) is 35.1 Å². The summed E-state index contributed by atoms with van der Waals surface area (Å²) in [5, 5.41) is 23.5. The van der Waals surface area contributed by atoms with Crippen LogP contribution in [0, 0.1) is 0 Å². The molecule has 34 heavy (non-hydrogen) atoms. The van der Waals surface area contributed by atoms with Gasteiger partial charge in [-0.3, -0.25) is 9.59 Å². The lowest BCUT2D eigenvalue weighted by molar-refractivity contribution is -0.162. The number of rotatable bonds is 8. The summed E-state index contributed by atoms with van der Waals surface area (Å²) in [4.78, 5) is 44.9. The Morgan fingerprint density at radius 1 is 0.941 bits per heavy atom. The second kappa shape index (κ2) is 13.6. The van der Waals surface area contributed by atoms with Gasteiger partial charge in [0.1, 0.15) is 36.5 Å². The van der Waals surface area contributed by atoms with Crippen molar-refractivity contribution >= 4 is 23.9 Å². The van der Waals surface area contributed by atoms with Gasteiger partial charge in [0.25, 0.3) is 0 Å². The maximum Gasteiger partial charge on any atom is 0.330 e. The second-order valence-corrected chi connectivity index (χ2v) is 8.09. The topological polar surface area (TPSA) is 203 Å². The van der Waals surface area contributed by atoms with Crippen molar-refractivity contribution < 1.29 is 38.9 Å². The van der Waals surface area contributed by atoms with E-state index in [4.69, 9.17) is 31.2 Å². The molecule has 0 radical (unpaired) electrons. The highest BCUT2D eigenvalue weighted by Crippen LogP contribution is 2.12.